The van der Waals surface area contributed by atoms with Gasteiger partial charge in [0.1, 0.15) is 0 Å². The van der Waals surface area contributed by atoms with Crippen LogP contribution in [0.3, 0.4) is 0 Å². The SMILES string of the molecule is CCCCCCCCCCCCCC(O)CC(CCCC)S(=O)(=O)O. The summed E-state index contributed by atoms with van der Waals surface area (Å²) in [6.45, 7) is 4.23. The Bertz CT molecular complexity index is 381. The summed E-state index contributed by atoms with van der Waals surface area (Å²) in [4.78, 5) is 0. The maximum Gasteiger partial charge on any atom is 0.267 e. The fourth-order valence-corrected chi connectivity index (χ4v) is 4.22. The van der Waals surface area contributed by atoms with Crippen LogP contribution in [-0.2, 0) is 10.1 Å². The lowest BCUT2D eigenvalue weighted by atomic mass is 10.0. The number of aliphatic hydroxyl groups is 1. The molecule has 0 aliphatic carbocycles. The average Bonchev–Trinajstić information content (AvgIpc) is 2.55. The Labute approximate surface area is 156 Å². The predicted octanol–water partition coefficient (Wildman–Crippen LogP) is 5.89. The summed E-state index contributed by atoms with van der Waals surface area (Å²) in [5.41, 5.74) is 0. The third kappa shape index (κ3) is 15.8. The summed E-state index contributed by atoms with van der Waals surface area (Å²) in [7, 11) is -4.05. The second-order valence-electron chi connectivity index (χ2n) is 7.49. The molecule has 2 unspecified atom stereocenters. The van der Waals surface area contributed by atoms with Crippen molar-refractivity contribution in [3.8, 4) is 0 Å². The number of unbranched alkanes of at least 4 members (excludes halogenated alkanes) is 11. The molecule has 0 spiro atoms. The lowest BCUT2D eigenvalue weighted by Crippen LogP contribution is -2.26. The molecule has 0 aromatic rings. The Morgan fingerprint density at radius 3 is 1.56 bits per heavy atom. The van der Waals surface area contributed by atoms with Crippen LogP contribution in [0.2, 0.25) is 0 Å². The molecule has 0 saturated carbocycles. The van der Waals surface area contributed by atoms with Gasteiger partial charge in [0.15, 0.2) is 0 Å². The Balaban J connectivity index is 3.63. The molecule has 152 valence electrons. The minimum Gasteiger partial charge on any atom is -0.393 e. The number of hydrogen-bond acceptors (Lipinski definition) is 3. The standard InChI is InChI=1S/C20H42O4S/c1-3-5-7-8-9-10-11-12-13-14-15-16-19(21)18-20(17-6-4-2)25(22,23)24/h19-21H,3-18H2,1-2H3,(H,22,23,24). The molecule has 0 aliphatic heterocycles. The Hall–Kier alpha value is -0.130. The molecular weight excluding hydrogens is 336 g/mol. The maximum absolute atomic E-state index is 11.4. The van der Waals surface area contributed by atoms with E-state index in [9.17, 15) is 18.1 Å². The monoisotopic (exact) mass is 378 g/mol. The minimum absolute atomic E-state index is 0.163. The fourth-order valence-electron chi connectivity index (χ4n) is 3.29. The van der Waals surface area contributed by atoms with Crippen LogP contribution in [0.4, 0.5) is 0 Å². The molecule has 4 nitrogen and oxygen atoms in total. The van der Waals surface area contributed by atoms with Crippen LogP contribution in [0.5, 0.6) is 0 Å². The van der Waals surface area contributed by atoms with Crippen LogP contribution in [0.1, 0.15) is 117 Å². The molecule has 0 saturated heterocycles. The summed E-state index contributed by atoms with van der Waals surface area (Å²) < 4.78 is 32.0. The van der Waals surface area contributed by atoms with Crippen LogP contribution >= 0.6 is 0 Å². The van der Waals surface area contributed by atoms with Crippen molar-refractivity contribution in [2.45, 2.75) is 128 Å². The predicted molar refractivity (Wildman–Crippen MR) is 107 cm³/mol. The second kappa shape index (κ2) is 16.1. The Morgan fingerprint density at radius 2 is 1.12 bits per heavy atom. The van der Waals surface area contributed by atoms with Gasteiger partial charge in [-0.3, -0.25) is 4.55 Å². The van der Waals surface area contributed by atoms with Crippen LogP contribution < -0.4 is 0 Å². The summed E-state index contributed by atoms with van der Waals surface area (Å²) in [6, 6.07) is 0. The molecule has 5 heteroatoms. The molecule has 0 radical (unpaired) electrons. The topological polar surface area (TPSA) is 74.6 Å². The number of hydrogen-bond donors (Lipinski definition) is 2. The summed E-state index contributed by atoms with van der Waals surface area (Å²) in [5, 5.41) is 9.24. The average molecular weight is 379 g/mol. The van der Waals surface area contributed by atoms with Crippen LogP contribution in [0, 0.1) is 0 Å². The van der Waals surface area contributed by atoms with Gasteiger partial charge in [-0.1, -0.05) is 97.3 Å². The largest absolute Gasteiger partial charge is 0.393 e. The molecule has 0 aromatic heterocycles. The Morgan fingerprint density at radius 1 is 0.680 bits per heavy atom. The van der Waals surface area contributed by atoms with Crippen molar-refractivity contribution in [1.82, 2.24) is 0 Å². The van der Waals surface area contributed by atoms with E-state index in [1.807, 2.05) is 6.92 Å². The maximum atomic E-state index is 11.4. The summed E-state index contributed by atoms with van der Waals surface area (Å²) in [5.74, 6) is 0. The van der Waals surface area contributed by atoms with E-state index >= 15 is 0 Å². The smallest absolute Gasteiger partial charge is 0.267 e. The van der Waals surface area contributed by atoms with E-state index in [1.165, 1.54) is 57.8 Å². The quantitative estimate of drug-likeness (QED) is 0.230. The number of rotatable bonds is 18. The first kappa shape index (κ1) is 24.9. The Kier molecular flexibility index (Phi) is 16.0. The van der Waals surface area contributed by atoms with Crippen molar-refractivity contribution in [2.24, 2.45) is 0 Å². The second-order valence-corrected chi connectivity index (χ2v) is 9.19. The molecule has 0 aromatic carbocycles. The van der Waals surface area contributed by atoms with Crippen molar-refractivity contribution >= 4 is 10.1 Å². The molecule has 0 fully saturated rings. The van der Waals surface area contributed by atoms with Crippen LogP contribution in [0.15, 0.2) is 0 Å². The van der Waals surface area contributed by atoms with Gasteiger partial charge in [0.25, 0.3) is 10.1 Å². The van der Waals surface area contributed by atoms with E-state index in [1.54, 1.807) is 0 Å². The third-order valence-corrected chi connectivity index (χ3v) is 6.25. The lowest BCUT2D eigenvalue weighted by molar-refractivity contribution is 0.147. The highest BCUT2D eigenvalue weighted by Gasteiger charge is 2.25. The highest BCUT2D eigenvalue weighted by Crippen LogP contribution is 2.19. The van der Waals surface area contributed by atoms with Crippen LogP contribution in [-0.4, -0.2) is 29.4 Å². The van der Waals surface area contributed by atoms with Crippen molar-refractivity contribution < 1.29 is 18.1 Å². The molecule has 25 heavy (non-hydrogen) atoms. The minimum atomic E-state index is -4.05. The van der Waals surface area contributed by atoms with E-state index < -0.39 is 21.5 Å². The van der Waals surface area contributed by atoms with Gasteiger partial charge in [0.05, 0.1) is 11.4 Å². The van der Waals surface area contributed by atoms with Crippen molar-refractivity contribution in [3.05, 3.63) is 0 Å². The third-order valence-electron chi connectivity index (χ3n) is 4.98. The van der Waals surface area contributed by atoms with E-state index in [-0.39, 0.29) is 6.42 Å². The van der Waals surface area contributed by atoms with Gasteiger partial charge in [-0.25, -0.2) is 0 Å². The molecule has 0 heterocycles. The van der Waals surface area contributed by atoms with Gasteiger partial charge < -0.3 is 5.11 Å². The van der Waals surface area contributed by atoms with E-state index in [2.05, 4.69) is 6.92 Å². The first-order valence-electron chi connectivity index (χ1n) is 10.6. The summed E-state index contributed by atoms with van der Waals surface area (Å²) >= 11 is 0. The van der Waals surface area contributed by atoms with E-state index in [4.69, 9.17) is 0 Å². The zero-order valence-electron chi connectivity index (χ0n) is 16.6. The zero-order chi connectivity index (χ0) is 19.0. The first-order valence-corrected chi connectivity index (χ1v) is 12.1. The van der Waals surface area contributed by atoms with Gasteiger partial charge in [-0.05, 0) is 19.3 Å². The van der Waals surface area contributed by atoms with Gasteiger partial charge in [0.2, 0.25) is 0 Å². The molecule has 2 N–H and O–H groups in total. The summed E-state index contributed by atoms with van der Waals surface area (Å²) in [6.07, 6.45) is 16.1. The molecular formula is C20H42O4S. The fraction of sp³-hybridized carbons (Fsp3) is 1.00. The normalized spacial score (nSPS) is 14.6. The molecule has 0 amide bonds. The molecule has 0 rings (SSSR count). The molecule has 0 bridgehead atoms. The van der Waals surface area contributed by atoms with E-state index in [0.717, 1.165) is 25.7 Å². The molecule has 2 atom stereocenters. The van der Waals surface area contributed by atoms with Crippen molar-refractivity contribution in [3.63, 3.8) is 0 Å². The van der Waals surface area contributed by atoms with Crippen molar-refractivity contribution in [2.75, 3.05) is 0 Å². The van der Waals surface area contributed by atoms with Gasteiger partial charge >= 0.3 is 0 Å². The van der Waals surface area contributed by atoms with Crippen molar-refractivity contribution in [1.29, 1.82) is 0 Å². The van der Waals surface area contributed by atoms with Gasteiger partial charge in [-0.15, -0.1) is 0 Å². The lowest BCUT2D eigenvalue weighted by Gasteiger charge is -2.17. The van der Waals surface area contributed by atoms with Crippen LogP contribution in [0.25, 0.3) is 0 Å². The number of aliphatic hydroxyl groups excluding tert-OH is 1. The highest BCUT2D eigenvalue weighted by atomic mass is 32.2. The zero-order valence-corrected chi connectivity index (χ0v) is 17.4. The van der Waals surface area contributed by atoms with E-state index in [0.29, 0.717) is 12.8 Å². The van der Waals surface area contributed by atoms with Gasteiger partial charge in [0, 0.05) is 0 Å². The van der Waals surface area contributed by atoms with Gasteiger partial charge in [-0.2, -0.15) is 8.42 Å². The first-order chi connectivity index (χ1) is 11.9. The molecule has 0 aliphatic rings. The highest BCUT2D eigenvalue weighted by molar-refractivity contribution is 7.86.